The average Bonchev–Trinajstić information content (AvgIpc) is 2.73. The number of hydrogen-bond acceptors (Lipinski definition) is 7. The van der Waals surface area contributed by atoms with Crippen molar-refractivity contribution in [2.24, 2.45) is 22.6 Å². The summed E-state index contributed by atoms with van der Waals surface area (Å²) in [7, 11) is 7.33. The highest BCUT2D eigenvalue weighted by Gasteiger charge is 2.38. The minimum absolute atomic E-state index is 0.343. The molecule has 1 aliphatic heterocycles. The van der Waals surface area contributed by atoms with Crippen molar-refractivity contribution in [3.8, 4) is 11.5 Å². The Morgan fingerprint density at radius 3 is 2.60 bits per heavy atom. The van der Waals surface area contributed by atoms with Gasteiger partial charge in [0, 0.05) is 32.8 Å². The van der Waals surface area contributed by atoms with Crippen molar-refractivity contribution in [2.45, 2.75) is 38.0 Å². The lowest BCUT2D eigenvalue weighted by Crippen LogP contribution is -2.60. The molecule has 4 N–H and O–H groups in total. The molecule has 0 radical (unpaired) electrons. The molecule has 0 amide bonds. The van der Waals surface area contributed by atoms with E-state index in [2.05, 4.69) is 37.6 Å². The molecule has 1 unspecified atom stereocenters. The van der Waals surface area contributed by atoms with Gasteiger partial charge in [-0.3, -0.25) is 10.7 Å². The van der Waals surface area contributed by atoms with Crippen LogP contribution in [-0.2, 0) is 6.54 Å². The van der Waals surface area contributed by atoms with Crippen LogP contribution in [0.25, 0.3) is 0 Å². The number of hydrogen-bond donors (Lipinski definition) is 3. The van der Waals surface area contributed by atoms with Crippen molar-refractivity contribution in [3.05, 3.63) is 34.1 Å². The number of aliphatic imine (C=N–C) groups is 1. The van der Waals surface area contributed by atoms with Crippen LogP contribution in [0, 0.1) is 11.8 Å². The SMILES string of the molecule is COc1cc(CNCC2CCC(C3(N)N=CC=C(N(C)C)N3)CC2)cc(Br)c1OC. The maximum Gasteiger partial charge on any atom is 0.186 e. The van der Waals surface area contributed by atoms with Crippen molar-refractivity contribution in [2.75, 3.05) is 34.9 Å². The molecule has 1 saturated carbocycles. The van der Waals surface area contributed by atoms with Crippen LogP contribution < -0.4 is 25.8 Å². The fourth-order valence-electron chi connectivity index (χ4n) is 4.28. The molecule has 1 atom stereocenters. The monoisotopic (exact) mass is 479 g/mol. The Morgan fingerprint density at radius 1 is 1.23 bits per heavy atom. The molecule has 1 fully saturated rings. The first kappa shape index (κ1) is 22.9. The Balaban J connectivity index is 1.47. The Morgan fingerprint density at radius 2 is 1.97 bits per heavy atom. The zero-order valence-electron chi connectivity index (χ0n) is 18.4. The summed E-state index contributed by atoms with van der Waals surface area (Å²) in [6.07, 6.45) is 8.27. The van der Waals surface area contributed by atoms with E-state index in [0.29, 0.717) is 11.8 Å². The first-order chi connectivity index (χ1) is 14.4. The third-order valence-corrected chi connectivity index (χ3v) is 6.64. The molecule has 1 aliphatic carbocycles. The van der Waals surface area contributed by atoms with Crippen molar-refractivity contribution in [1.82, 2.24) is 15.5 Å². The predicted octanol–water partition coefficient (Wildman–Crippen LogP) is 3.05. The van der Waals surface area contributed by atoms with Gasteiger partial charge in [0.2, 0.25) is 0 Å². The van der Waals surface area contributed by atoms with E-state index in [-0.39, 0.29) is 0 Å². The van der Waals surface area contributed by atoms with Crippen LogP contribution in [0.4, 0.5) is 0 Å². The molecule has 7 nitrogen and oxygen atoms in total. The molecule has 0 saturated heterocycles. The highest BCUT2D eigenvalue weighted by Crippen LogP contribution is 2.37. The van der Waals surface area contributed by atoms with E-state index in [1.165, 1.54) is 0 Å². The summed E-state index contributed by atoms with van der Waals surface area (Å²) in [5.41, 5.74) is 7.79. The third-order valence-electron chi connectivity index (χ3n) is 6.06. The third kappa shape index (κ3) is 5.28. The van der Waals surface area contributed by atoms with Gasteiger partial charge in [-0.25, -0.2) is 0 Å². The number of benzene rings is 1. The Kier molecular flexibility index (Phi) is 7.65. The first-order valence-electron chi connectivity index (χ1n) is 10.5. The van der Waals surface area contributed by atoms with Crippen LogP contribution in [0.15, 0.2) is 33.5 Å². The van der Waals surface area contributed by atoms with Gasteiger partial charge in [-0.05, 0) is 77.8 Å². The van der Waals surface area contributed by atoms with Crippen LogP contribution >= 0.6 is 15.9 Å². The maximum absolute atomic E-state index is 6.63. The fourth-order valence-corrected chi connectivity index (χ4v) is 4.93. The summed E-state index contributed by atoms with van der Waals surface area (Å²) in [5.74, 6) is 2.78. The highest BCUT2D eigenvalue weighted by molar-refractivity contribution is 9.10. The summed E-state index contributed by atoms with van der Waals surface area (Å²) in [6, 6.07) is 4.10. The Bertz CT molecular complexity index is 790. The second-order valence-electron chi connectivity index (χ2n) is 8.34. The minimum Gasteiger partial charge on any atom is -0.493 e. The first-order valence-corrected chi connectivity index (χ1v) is 11.3. The second-order valence-corrected chi connectivity index (χ2v) is 9.19. The molecule has 1 aromatic rings. The molecule has 0 spiro atoms. The van der Waals surface area contributed by atoms with Gasteiger partial charge < -0.3 is 25.0 Å². The van der Waals surface area contributed by atoms with Gasteiger partial charge in [0.05, 0.1) is 18.7 Å². The van der Waals surface area contributed by atoms with E-state index in [0.717, 1.165) is 66.1 Å². The van der Waals surface area contributed by atoms with Gasteiger partial charge in [-0.15, -0.1) is 0 Å². The number of ether oxygens (including phenoxy) is 2. The van der Waals surface area contributed by atoms with Gasteiger partial charge in [0.25, 0.3) is 0 Å². The van der Waals surface area contributed by atoms with Crippen LogP contribution in [0.5, 0.6) is 11.5 Å². The van der Waals surface area contributed by atoms with Crippen LogP contribution in [0.3, 0.4) is 0 Å². The molecule has 2 aliphatic rings. The fraction of sp³-hybridized carbons (Fsp3) is 0.591. The summed E-state index contributed by atoms with van der Waals surface area (Å²) in [5, 5.41) is 7.03. The lowest BCUT2D eigenvalue weighted by Gasteiger charge is -2.42. The maximum atomic E-state index is 6.63. The molecular weight excluding hydrogens is 446 g/mol. The highest BCUT2D eigenvalue weighted by atomic mass is 79.9. The van der Waals surface area contributed by atoms with E-state index in [1.807, 2.05) is 37.4 Å². The number of nitrogens with one attached hydrogen (secondary N) is 2. The molecular formula is C22H34BrN5O2. The molecule has 3 rings (SSSR count). The van der Waals surface area contributed by atoms with Gasteiger partial charge in [-0.2, -0.15) is 0 Å². The van der Waals surface area contributed by atoms with E-state index in [9.17, 15) is 0 Å². The standard InChI is InChI=1S/C22H34BrN5O2/c1-28(2)20-9-10-26-22(24,27-20)17-7-5-15(6-8-17)13-25-14-16-11-18(23)21(30-4)19(12-16)29-3/h9-12,15,17,25,27H,5-8,13-14,24H2,1-4H3. The van der Waals surface area contributed by atoms with Crippen LogP contribution in [-0.4, -0.2) is 51.8 Å². The van der Waals surface area contributed by atoms with Crippen molar-refractivity contribution < 1.29 is 9.47 Å². The van der Waals surface area contributed by atoms with Crippen molar-refractivity contribution in [3.63, 3.8) is 0 Å². The van der Waals surface area contributed by atoms with Gasteiger partial charge in [-0.1, -0.05) is 0 Å². The van der Waals surface area contributed by atoms with E-state index >= 15 is 0 Å². The summed E-state index contributed by atoms with van der Waals surface area (Å²) in [4.78, 5) is 6.62. The van der Waals surface area contributed by atoms with Crippen molar-refractivity contribution in [1.29, 1.82) is 0 Å². The number of methoxy groups -OCH3 is 2. The largest absolute Gasteiger partial charge is 0.493 e. The van der Waals surface area contributed by atoms with Gasteiger partial charge in [0.15, 0.2) is 17.3 Å². The lowest BCUT2D eigenvalue weighted by atomic mass is 9.78. The number of nitrogens with zero attached hydrogens (tertiary/aromatic N) is 2. The summed E-state index contributed by atoms with van der Waals surface area (Å²) < 4.78 is 11.7. The number of nitrogens with two attached hydrogens (primary N) is 1. The Labute approximate surface area is 188 Å². The molecule has 8 heteroatoms. The van der Waals surface area contributed by atoms with Crippen molar-refractivity contribution >= 4 is 22.1 Å². The smallest absolute Gasteiger partial charge is 0.186 e. The zero-order chi connectivity index (χ0) is 21.7. The molecule has 1 heterocycles. The quantitative estimate of drug-likeness (QED) is 0.531. The average molecular weight is 480 g/mol. The number of halogens is 1. The summed E-state index contributed by atoms with van der Waals surface area (Å²) in [6.45, 7) is 1.79. The molecule has 166 valence electrons. The predicted molar refractivity (Wildman–Crippen MR) is 125 cm³/mol. The van der Waals surface area contributed by atoms with Crippen LogP contribution in [0.1, 0.15) is 31.2 Å². The normalized spacial score (nSPS) is 26.0. The van der Waals surface area contributed by atoms with E-state index < -0.39 is 5.79 Å². The molecule has 0 aromatic heterocycles. The van der Waals surface area contributed by atoms with Crippen LogP contribution in [0.2, 0.25) is 0 Å². The van der Waals surface area contributed by atoms with Gasteiger partial charge in [0.1, 0.15) is 5.82 Å². The topological polar surface area (TPSA) is 84.1 Å². The molecule has 30 heavy (non-hydrogen) atoms. The Hall–Kier alpha value is -1.77. The minimum atomic E-state index is -0.696. The van der Waals surface area contributed by atoms with E-state index in [1.54, 1.807) is 14.2 Å². The summed E-state index contributed by atoms with van der Waals surface area (Å²) >= 11 is 3.56. The van der Waals surface area contributed by atoms with Gasteiger partial charge >= 0.3 is 0 Å². The number of allylic oxidation sites excluding steroid dienone is 1. The number of rotatable bonds is 8. The molecule has 0 bridgehead atoms. The van der Waals surface area contributed by atoms with E-state index in [4.69, 9.17) is 15.2 Å². The molecule has 1 aromatic carbocycles. The zero-order valence-corrected chi connectivity index (χ0v) is 20.0. The second kappa shape index (κ2) is 10.0. The lowest BCUT2D eigenvalue weighted by molar-refractivity contribution is 0.146.